The molecule has 47 valence electrons. The minimum absolute atomic E-state index is 0. The van der Waals surface area contributed by atoms with Gasteiger partial charge in [0.25, 0.3) is 0 Å². The average Bonchev–Trinajstić information content (AvgIpc) is 1.81. The summed E-state index contributed by atoms with van der Waals surface area (Å²) in [6.07, 6.45) is 0. The molecule has 3 heteroatoms. The second-order valence-electron chi connectivity index (χ2n) is 0. The van der Waals surface area contributed by atoms with Gasteiger partial charge in [0.2, 0.25) is 0 Å². The molecular weight excluding hydrogens is 129 g/mol. The van der Waals surface area contributed by atoms with Crippen LogP contribution in [0.3, 0.4) is 0 Å². The van der Waals surface area contributed by atoms with E-state index < -0.39 is 0 Å². The minimum Gasteiger partial charge on any atom is -0.553 e. The monoisotopic (exact) mass is 141 g/mol. The minimum atomic E-state index is 0. The molecule has 0 aliphatic heterocycles. The summed E-state index contributed by atoms with van der Waals surface area (Å²) in [7, 11) is 0. The van der Waals surface area contributed by atoms with Gasteiger partial charge < -0.3 is 25.0 Å². The van der Waals surface area contributed by atoms with Gasteiger partial charge in [-0.15, -0.1) is 0 Å². The van der Waals surface area contributed by atoms with Crippen LogP contribution in [0, 0.1) is 13.8 Å². The van der Waals surface area contributed by atoms with Crippen LogP contribution in [0.2, 0.25) is 0 Å². The quantitative estimate of drug-likeness (QED) is 0.407. The molecule has 0 atom stereocenters. The van der Waals surface area contributed by atoms with Crippen LogP contribution in [0.4, 0.5) is 0 Å². The molecule has 0 saturated carbocycles. The smallest absolute Gasteiger partial charge is 0 e. The van der Waals surface area contributed by atoms with Gasteiger partial charge in [-0.25, -0.2) is 0 Å². The van der Waals surface area contributed by atoms with Gasteiger partial charge in [-0.3, -0.25) is 0 Å². The molecule has 0 amide bonds. The van der Waals surface area contributed by atoms with Gasteiger partial charge in [0, 0.05) is 18.6 Å². The Kier molecular flexibility index (Phi) is 2860. The first-order valence-corrected chi connectivity index (χ1v) is 1.64. The van der Waals surface area contributed by atoms with E-state index in [1.807, 2.05) is 0 Å². The van der Waals surface area contributed by atoms with Gasteiger partial charge in [0.1, 0.15) is 0 Å². The Balaban J connectivity index is -0.00000000900. The maximum absolute atomic E-state index is 6.25. The zero-order chi connectivity index (χ0) is 6.00. The average molecular weight is 141 g/mol. The molecular formula is C4H12NOV-3. The van der Waals surface area contributed by atoms with Crippen molar-refractivity contribution < 1.29 is 23.8 Å². The second-order valence-corrected chi connectivity index (χ2v) is 0. The number of rotatable bonds is 0. The van der Waals surface area contributed by atoms with E-state index in [1.165, 1.54) is 0 Å². The van der Waals surface area contributed by atoms with Crippen LogP contribution in [-0.2, 0) is 18.6 Å². The Morgan fingerprint density at radius 3 is 1.00 bits per heavy atom. The second kappa shape index (κ2) is 775. The number of hydrogen-bond donors (Lipinski definition) is 1. The summed E-state index contributed by atoms with van der Waals surface area (Å²) in [5.41, 5.74) is 0. The molecule has 1 radical (unpaired) electrons. The fraction of sp³-hybridized carbons (Fsp3) is 0.500. The predicted molar refractivity (Wildman–Crippen MR) is 28.2 cm³/mol. The van der Waals surface area contributed by atoms with Crippen molar-refractivity contribution in [2.75, 3.05) is 0 Å². The Morgan fingerprint density at radius 1 is 1.00 bits per heavy atom. The first-order valence-electron chi connectivity index (χ1n) is 1.64. The Bertz CT molecular complexity index is 11.7. The number of nitrogens with one attached hydrogen (secondary N) is 1. The molecule has 0 spiro atoms. The van der Waals surface area contributed by atoms with Crippen LogP contribution in [0.25, 0.3) is 5.90 Å². The summed E-state index contributed by atoms with van der Waals surface area (Å²) < 4.78 is 0. The summed E-state index contributed by atoms with van der Waals surface area (Å²) in [5.74, 6) is 4.75. The Morgan fingerprint density at radius 2 is 1.00 bits per heavy atom. The largest absolute Gasteiger partial charge is 0.553 e. The molecule has 0 heterocycles. The molecule has 0 aromatic heterocycles. The Hall–Kier alpha value is 0.504. The maximum Gasteiger partial charge on any atom is 0 e. The predicted octanol–water partition coefficient (Wildman–Crippen LogP) is 2.11. The molecule has 0 unspecified atom stereocenters. The molecule has 0 aromatic carbocycles. The van der Waals surface area contributed by atoms with E-state index in [0.29, 0.717) is 0 Å². The van der Waals surface area contributed by atoms with Crippen molar-refractivity contribution in [2.24, 2.45) is 0 Å². The van der Waals surface area contributed by atoms with Crippen molar-refractivity contribution in [3.05, 3.63) is 19.7 Å². The van der Waals surface area contributed by atoms with E-state index in [0.717, 1.165) is 0 Å². The molecule has 0 aromatic rings. The first-order chi connectivity index (χ1) is 3.00. The summed E-state index contributed by atoms with van der Waals surface area (Å²) in [5, 5.41) is 6.25. The van der Waals surface area contributed by atoms with E-state index in [-0.39, 0.29) is 18.6 Å². The molecule has 2 nitrogen and oxygen atoms in total. The van der Waals surface area contributed by atoms with Crippen molar-refractivity contribution >= 4 is 0 Å². The summed E-state index contributed by atoms with van der Waals surface area (Å²) >= 11 is 0. The number of hydrogen-bond acceptors (Lipinski definition) is 1. The van der Waals surface area contributed by atoms with E-state index in [2.05, 4.69) is 13.8 Å². The standard InChI is InChI=1S/2C2H5.H2NO.V/c3*1-2;/h2*1H2,2H3;1-2H;/q3*-1;. The van der Waals surface area contributed by atoms with Gasteiger partial charge in [-0.1, -0.05) is 0 Å². The van der Waals surface area contributed by atoms with Crippen LogP contribution in [0.5, 0.6) is 0 Å². The van der Waals surface area contributed by atoms with Gasteiger partial charge in [-0.2, -0.15) is 13.8 Å². The van der Waals surface area contributed by atoms with Gasteiger partial charge in [0.15, 0.2) is 0 Å². The molecule has 2 N–H and O–H groups in total. The third kappa shape index (κ3) is 519. The molecule has 0 bridgehead atoms. The molecule has 0 aliphatic rings. The normalized spacial score (nSPS) is 2.57. The van der Waals surface area contributed by atoms with E-state index in [4.69, 9.17) is 11.1 Å². The molecule has 0 saturated heterocycles. The third-order valence-electron chi connectivity index (χ3n) is 0. The van der Waals surface area contributed by atoms with Crippen LogP contribution < -0.4 is 0 Å². The fourth-order valence-electron chi connectivity index (χ4n) is 0. The molecule has 0 aliphatic carbocycles. The van der Waals surface area contributed by atoms with Crippen molar-refractivity contribution in [3.63, 3.8) is 0 Å². The van der Waals surface area contributed by atoms with Crippen molar-refractivity contribution in [3.8, 4) is 0 Å². The van der Waals surface area contributed by atoms with Crippen LogP contribution in [0.1, 0.15) is 13.8 Å². The SMILES string of the molecule is [CH2-]C.[CH2-]C.[NH-]O.[V]. The summed E-state index contributed by atoms with van der Waals surface area (Å²) in [6.45, 7) is 10.0. The molecule has 0 rings (SSSR count). The van der Waals surface area contributed by atoms with E-state index in [9.17, 15) is 0 Å². The molecule has 7 heavy (non-hydrogen) atoms. The summed E-state index contributed by atoms with van der Waals surface area (Å²) in [6, 6.07) is 0. The zero-order valence-electron chi connectivity index (χ0n) is 4.81. The summed E-state index contributed by atoms with van der Waals surface area (Å²) in [4.78, 5) is 0. The van der Waals surface area contributed by atoms with Crippen molar-refractivity contribution in [2.45, 2.75) is 13.8 Å². The zero-order valence-corrected chi connectivity index (χ0v) is 6.21. The maximum atomic E-state index is 6.25. The van der Waals surface area contributed by atoms with Gasteiger partial charge in [0.05, 0.1) is 0 Å². The van der Waals surface area contributed by atoms with E-state index in [1.54, 1.807) is 13.8 Å². The van der Waals surface area contributed by atoms with E-state index >= 15 is 0 Å². The van der Waals surface area contributed by atoms with Crippen LogP contribution in [0.15, 0.2) is 0 Å². The topological polar surface area (TPSA) is 44.0 Å². The third-order valence-corrected chi connectivity index (χ3v) is 0. The van der Waals surface area contributed by atoms with Crippen molar-refractivity contribution in [1.29, 1.82) is 0 Å². The van der Waals surface area contributed by atoms with Crippen molar-refractivity contribution in [1.82, 2.24) is 0 Å². The fourth-order valence-corrected chi connectivity index (χ4v) is 0. The Labute approximate surface area is 57.9 Å². The van der Waals surface area contributed by atoms with Crippen LogP contribution >= 0.6 is 0 Å². The van der Waals surface area contributed by atoms with Gasteiger partial charge >= 0.3 is 0 Å². The molecule has 0 fully saturated rings. The van der Waals surface area contributed by atoms with Gasteiger partial charge in [-0.05, 0) is 0 Å². The first kappa shape index (κ1) is 25.9. The van der Waals surface area contributed by atoms with Crippen LogP contribution in [-0.4, -0.2) is 5.21 Å².